The zero-order chi connectivity index (χ0) is 15.0. The molecule has 0 aromatic carbocycles. The molecule has 0 bridgehead atoms. The van der Waals surface area contributed by atoms with Crippen LogP contribution in [0.2, 0.25) is 0 Å². The summed E-state index contributed by atoms with van der Waals surface area (Å²) in [7, 11) is 0. The Kier molecular flexibility index (Phi) is 6.99. The van der Waals surface area contributed by atoms with Crippen LogP contribution in [0.1, 0.15) is 6.92 Å². The quantitative estimate of drug-likeness (QED) is 0.400. The molecule has 1 rings (SSSR count). The predicted molar refractivity (Wildman–Crippen MR) is 70.8 cm³/mol. The third-order valence-electron chi connectivity index (χ3n) is 2.79. The minimum Gasteiger partial charge on any atom is -0.463 e. The van der Waals surface area contributed by atoms with Crippen molar-refractivity contribution in [2.24, 2.45) is 0 Å². The van der Waals surface area contributed by atoms with E-state index in [1.165, 1.54) is 0 Å². The SMILES string of the molecule is CCOC(=O)C1=C(CN(CCO)CCO)NC(=O)NC1. The number of amides is 2. The fraction of sp³-hybridized carbons (Fsp3) is 0.667. The summed E-state index contributed by atoms with van der Waals surface area (Å²) in [6.45, 7) is 2.83. The molecule has 4 N–H and O–H groups in total. The van der Waals surface area contributed by atoms with Gasteiger partial charge in [-0.2, -0.15) is 0 Å². The smallest absolute Gasteiger partial charge is 0.337 e. The highest BCUT2D eigenvalue weighted by molar-refractivity contribution is 5.93. The number of esters is 1. The number of nitrogens with zero attached hydrogens (tertiary/aromatic N) is 1. The molecule has 1 aliphatic rings. The molecule has 0 atom stereocenters. The normalized spacial score (nSPS) is 15.1. The number of carbonyl (C=O) groups excluding carboxylic acids is 2. The van der Waals surface area contributed by atoms with Crippen molar-refractivity contribution in [3.05, 3.63) is 11.3 Å². The van der Waals surface area contributed by atoms with Gasteiger partial charge in [0.1, 0.15) is 0 Å². The Hall–Kier alpha value is -1.64. The Labute approximate surface area is 117 Å². The monoisotopic (exact) mass is 287 g/mol. The first-order chi connectivity index (χ1) is 9.62. The second kappa shape index (κ2) is 8.51. The van der Waals surface area contributed by atoms with Gasteiger partial charge in [0.15, 0.2) is 0 Å². The third-order valence-corrected chi connectivity index (χ3v) is 2.79. The lowest BCUT2D eigenvalue weighted by atomic mass is 10.1. The lowest BCUT2D eigenvalue weighted by Gasteiger charge is -2.26. The van der Waals surface area contributed by atoms with E-state index in [1.807, 2.05) is 0 Å². The molecule has 0 saturated heterocycles. The summed E-state index contributed by atoms with van der Waals surface area (Å²) < 4.78 is 4.94. The average molecular weight is 287 g/mol. The van der Waals surface area contributed by atoms with Crippen LogP contribution in [0.25, 0.3) is 0 Å². The summed E-state index contributed by atoms with van der Waals surface area (Å²) in [6, 6.07) is -0.388. The highest BCUT2D eigenvalue weighted by Gasteiger charge is 2.24. The molecule has 0 spiro atoms. The first-order valence-electron chi connectivity index (χ1n) is 6.50. The Bertz CT molecular complexity index is 377. The number of nitrogens with one attached hydrogen (secondary N) is 2. The molecular weight excluding hydrogens is 266 g/mol. The molecule has 1 heterocycles. The van der Waals surface area contributed by atoms with Crippen molar-refractivity contribution in [3.63, 3.8) is 0 Å². The highest BCUT2D eigenvalue weighted by Crippen LogP contribution is 2.09. The lowest BCUT2D eigenvalue weighted by molar-refractivity contribution is -0.138. The Morgan fingerprint density at radius 2 is 2.00 bits per heavy atom. The molecular formula is C12H21N3O5. The number of rotatable bonds is 8. The summed E-state index contributed by atoms with van der Waals surface area (Å²) in [5.74, 6) is -0.483. The number of hydrogen-bond donors (Lipinski definition) is 4. The summed E-state index contributed by atoms with van der Waals surface area (Å²) in [4.78, 5) is 24.9. The molecule has 8 nitrogen and oxygen atoms in total. The van der Waals surface area contributed by atoms with E-state index in [0.29, 0.717) is 24.4 Å². The van der Waals surface area contributed by atoms with E-state index in [9.17, 15) is 9.59 Å². The van der Waals surface area contributed by atoms with Crippen molar-refractivity contribution >= 4 is 12.0 Å². The van der Waals surface area contributed by atoms with Crippen molar-refractivity contribution in [2.75, 3.05) is 46.0 Å². The molecule has 0 radical (unpaired) electrons. The minimum absolute atomic E-state index is 0.0752. The minimum atomic E-state index is -0.483. The van der Waals surface area contributed by atoms with Crippen LogP contribution in [0, 0.1) is 0 Å². The van der Waals surface area contributed by atoms with E-state index in [2.05, 4.69) is 10.6 Å². The topological polar surface area (TPSA) is 111 Å². The van der Waals surface area contributed by atoms with E-state index < -0.39 is 5.97 Å². The highest BCUT2D eigenvalue weighted by atomic mass is 16.5. The van der Waals surface area contributed by atoms with Gasteiger partial charge in [-0.25, -0.2) is 9.59 Å². The van der Waals surface area contributed by atoms with Crippen molar-refractivity contribution in [1.29, 1.82) is 0 Å². The summed E-state index contributed by atoms with van der Waals surface area (Å²) in [6.07, 6.45) is 0. The van der Waals surface area contributed by atoms with Crippen molar-refractivity contribution in [1.82, 2.24) is 15.5 Å². The van der Waals surface area contributed by atoms with Gasteiger partial charge in [-0.05, 0) is 6.92 Å². The van der Waals surface area contributed by atoms with Gasteiger partial charge in [0, 0.05) is 25.3 Å². The van der Waals surface area contributed by atoms with Gasteiger partial charge in [-0.1, -0.05) is 0 Å². The van der Waals surface area contributed by atoms with Gasteiger partial charge in [0.2, 0.25) is 0 Å². The van der Waals surface area contributed by atoms with Crippen LogP contribution < -0.4 is 10.6 Å². The number of hydrogen-bond acceptors (Lipinski definition) is 6. The first kappa shape index (κ1) is 16.4. The largest absolute Gasteiger partial charge is 0.463 e. The summed E-state index contributed by atoms with van der Waals surface area (Å²) in [5, 5.41) is 23.0. The molecule has 20 heavy (non-hydrogen) atoms. The zero-order valence-corrected chi connectivity index (χ0v) is 11.5. The number of carbonyl (C=O) groups is 2. The maximum absolute atomic E-state index is 11.8. The second-order valence-corrected chi connectivity index (χ2v) is 4.21. The molecule has 0 fully saturated rings. The Morgan fingerprint density at radius 3 is 2.55 bits per heavy atom. The first-order valence-corrected chi connectivity index (χ1v) is 6.50. The van der Waals surface area contributed by atoms with Crippen molar-refractivity contribution < 1.29 is 24.5 Å². The molecule has 0 aliphatic carbocycles. The van der Waals surface area contributed by atoms with E-state index >= 15 is 0 Å². The molecule has 0 aromatic rings. The Balaban J connectivity index is 2.86. The van der Waals surface area contributed by atoms with E-state index in [-0.39, 0.29) is 38.9 Å². The van der Waals surface area contributed by atoms with Gasteiger partial charge in [-0.15, -0.1) is 0 Å². The van der Waals surface area contributed by atoms with Crippen molar-refractivity contribution in [3.8, 4) is 0 Å². The fourth-order valence-corrected chi connectivity index (χ4v) is 1.86. The van der Waals surface area contributed by atoms with E-state index in [0.717, 1.165) is 0 Å². The summed E-state index contributed by atoms with van der Waals surface area (Å²) >= 11 is 0. The molecule has 0 aromatic heterocycles. The van der Waals surface area contributed by atoms with E-state index in [1.54, 1.807) is 11.8 Å². The third kappa shape index (κ3) is 4.80. The zero-order valence-electron chi connectivity index (χ0n) is 11.5. The van der Waals surface area contributed by atoms with Crippen LogP contribution >= 0.6 is 0 Å². The second-order valence-electron chi connectivity index (χ2n) is 4.21. The van der Waals surface area contributed by atoms with Gasteiger partial charge >= 0.3 is 12.0 Å². The number of ether oxygens (including phenoxy) is 1. The van der Waals surface area contributed by atoms with Gasteiger partial charge < -0.3 is 25.6 Å². The number of aliphatic hydroxyl groups excluding tert-OH is 2. The van der Waals surface area contributed by atoms with Gasteiger partial charge in [0.25, 0.3) is 0 Å². The molecule has 0 unspecified atom stereocenters. The summed E-state index contributed by atoms with van der Waals surface area (Å²) in [5.41, 5.74) is 0.793. The number of aliphatic hydroxyl groups is 2. The lowest BCUT2D eigenvalue weighted by Crippen LogP contribution is -2.47. The van der Waals surface area contributed by atoms with Gasteiger partial charge in [-0.3, -0.25) is 4.90 Å². The van der Waals surface area contributed by atoms with Crippen LogP contribution in [0.4, 0.5) is 4.79 Å². The molecule has 114 valence electrons. The van der Waals surface area contributed by atoms with Crippen LogP contribution in [0.3, 0.4) is 0 Å². The maximum atomic E-state index is 11.8. The molecule has 1 aliphatic heterocycles. The van der Waals surface area contributed by atoms with Gasteiger partial charge in [0.05, 0.1) is 31.9 Å². The van der Waals surface area contributed by atoms with E-state index in [4.69, 9.17) is 14.9 Å². The number of urea groups is 1. The maximum Gasteiger partial charge on any atom is 0.337 e. The van der Waals surface area contributed by atoms with Crippen LogP contribution in [-0.2, 0) is 9.53 Å². The van der Waals surface area contributed by atoms with Crippen LogP contribution in [0.15, 0.2) is 11.3 Å². The molecule has 8 heteroatoms. The fourth-order valence-electron chi connectivity index (χ4n) is 1.86. The molecule has 0 saturated carbocycles. The van der Waals surface area contributed by atoms with Crippen LogP contribution in [0.5, 0.6) is 0 Å². The predicted octanol–water partition coefficient (Wildman–Crippen LogP) is -1.60. The average Bonchev–Trinajstić information content (AvgIpc) is 2.39. The van der Waals surface area contributed by atoms with Crippen molar-refractivity contribution in [2.45, 2.75) is 6.92 Å². The Morgan fingerprint density at radius 1 is 1.35 bits per heavy atom. The van der Waals surface area contributed by atoms with Crippen LogP contribution in [-0.4, -0.2) is 73.1 Å². The standard InChI is InChI=1S/C12H21N3O5/c1-2-20-11(18)9-7-13-12(19)14-10(9)8-15(3-5-16)4-6-17/h16-17H,2-8H2,1H3,(H2,13,14,19). The molecule has 2 amide bonds.